The van der Waals surface area contributed by atoms with Gasteiger partial charge in [0, 0.05) is 0 Å². The Balaban J connectivity index is 0.00000256. The SMILES string of the molecule is C/C=C/c1ccc(OCC(=O)[O-])c(OC)c1.[K+]. The van der Waals surface area contributed by atoms with Crippen LogP contribution >= 0.6 is 0 Å². The molecule has 0 atom stereocenters. The number of hydrogen-bond acceptors (Lipinski definition) is 4. The first kappa shape index (κ1) is 16.7. The van der Waals surface area contributed by atoms with E-state index in [9.17, 15) is 9.90 Å². The van der Waals surface area contributed by atoms with Crippen molar-refractivity contribution in [3.8, 4) is 11.5 Å². The monoisotopic (exact) mass is 260 g/mol. The van der Waals surface area contributed by atoms with Crippen LogP contribution in [0.15, 0.2) is 24.3 Å². The predicted molar refractivity (Wildman–Crippen MR) is 58.2 cm³/mol. The van der Waals surface area contributed by atoms with Gasteiger partial charge >= 0.3 is 51.4 Å². The van der Waals surface area contributed by atoms with E-state index in [1.165, 1.54) is 7.11 Å². The van der Waals surface area contributed by atoms with Crippen molar-refractivity contribution in [2.24, 2.45) is 0 Å². The van der Waals surface area contributed by atoms with Crippen LogP contribution in [0.1, 0.15) is 12.5 Å². The molecule has 0 heterocycles. The number of allylic oxidation sites excluding steroid dienone is 1. The maximum atomic E-state index is 10.3. The van der Waals surface area contributed by atoms with Crippen LogP contribution in [0.4, 0.5) is 0 Å². The van der Waals surface area contributed by atoms with E-state index in [4.69, 9.17) is 9.47 Å². The molecule has 0 aliphatic heterocycles. The Bertz CT molecular complexity index is 401. The van der Waals surface area contributed by atoms with Crippen LogP contribution in [0.25, 0.3) is 6.08 Å². The molecule has 0 aliphatic carbocycles. The molecule has 5 heteroatoms. The smallest absolute Gasteiger partial charge is 0.546 e. The predicted octanol–water partition coefficient (Wildman–Crippen LogP) is -2.14. The van der Waals surface area contributed by atoms with Crippen LogP contribution in [-0.4, -0.2) is 19.7 Å². The number of carbonyl (C=O) groups is 1. The van der Waals surface area contributed by atoms with Crippen LogP contribution in [0.2, 0.25) is 0 Å². The summed E-state index contributed by atoms with van der Waals surface area (Å²) in [5, 5.41) is 10.3. The molecule has 1 rings (SSSR count). The van der Waals surface area contributed by atoms with Gasteiger partial charge in [-0.1, -0.05) is 18.2 Å². The molecule has 0 unspecified atom stereocenters. The number of rotatable bonds is 5. The summed E-state index contributed by atoms with van der Waals surface area (Å²) < 4.78 is 10.1. The van der Waals surface area contributed by atoms with Gasteiger partial charge in [-0.15, -0.1) is 0 Å². The maximum absolute atomic E-state index is 10.3. The van der Waals surface area contributed by atoms with Crippen molar-refractivity contribution in [3.05, 3.63) is 29.8 Å². The second kappa shape index (κ2) is 8.71. The van der Waals surface area contributed by atoms with E-state index < -0.39 is 12.6 Å². The first-order valence-corrected chi connectivity index (χ1v) is 4.80. The van der Waals surface area contributed by atoms with E-state index in [2.05, 4.69) is 0 Å². The molecule has 0 N–H and O–H groups in total. The van der Waals surface area contributed by atoms with Gasteiger partial charge in [-0.3, -0.25) is 0 Å². The molecule has 0 spiro atoms. The minimum Gasteiger partial charge on any atom is -0.546 e. The topological polar surface area (TPSA) is 58.6 Å². The molecule has 0 aliphatic rings. The van der Waals surface area contributed by atoms with Gasteiger partial charge in [0.25, 0.3) is 0 Å². The average Bonchev–Trinajstić information content (AvgIpc) is 2.27. The Labute approximate surface area is 143 Å². The summed E-state index contributed by atoms with van der Waals surface area (Å²) in [5.74, 6) is -0.378. The summed E-state index contributed by atoms with van der Waals surface area (Å²) in [6.45, 7) is 1.42. The van der Waals surface area contributed by atoms with E-state index in [1.54, 1.807) is 12.1 Å². The fraction of sp³-hybridized carbons (Fsp3) is 0.250. The largest absolute Gasteiger partial charge is 1.00 e. The van der Waals surface area contributed by atoms with Crippen molar-refractivity contribution < 1.29 is 70.8 Å². The Morgan fingerprint density at radius 3 is 2.65 bits per heavy atom. The van der Waals surface area contributed by atoms with Crippen LogP contribution in [0, 0.1) is 0 Å². The molecule has 0 radical (unpaired) electrons. The van der Waals surface area contributed by atoms with Gasteiger partial charge in [0.2, 0.25) is 0 Å². The molecular weight excluding hydrogens is 247 g/mol. The summed E-state index contributed by atoms with van der Waals surface area (Å²) >= 11 is 0. The van der Waals surface area contributed by atoms with Crippen molar-refractivity contribution in [3.63, 3.8) is 0 Å². The number of carbonyl (C=O) groups excluding carboxylic acids is 1. The molecule has 17 heavy (non-hydrogen) atoms. The van der Waals surface area contributed by atoms with Crippen molar-refractivity contribution in [2.75, 3.05) is 13.7 Å². The van der Waals surface area contributed by atoms with Crippen LogP contribution in [0.3, 0.4) is 0 Å². The Hall–Kier alpha value is -0.334. The van der Waals surface area contributed by atoms with Gasteiger partial charge in [-0.05, 0) is 24.6 Å². The molecule has 86 valence electrons. The second-order valence-electron chi connectivity index (χ2n) is 3.07. The molecule has 1 aromatic carbocycles. The molecule has 0 saturated carbocycles. The normalized spacial score (nSPS) is 9.76. The van der Waals surface area contributed by atoms with Crippen LogP contribution < -0.4 is 66.0 Å². The molecule has 4 nitrogen and oxygen atoms in total. The van der Waals surface area contributed by atoms with Crippen molar-refractivity contribution >= 4 is 12.0 Å². The summed E-state index contributed by atoms with van der Waals surface area (Å²) in [5.41, 5.74) is 0.958. The van der Waals surface area contributed by atoms with Gasteiger partial charge in [-0.25, -0.2) is 0 Å². The third-order valence-electron chi connectivity index (χ3n) is 1.89. The number of methoxy groups -OCH3 is 1. The minimum atomic E-state index is -1.26. The maximum Gasteiger partial charge on any atom is 1.00 e. The van der Waals surface area contributed by atoms with Gasteiger partial charge in [0.1, 0.15) is 6.61 Å². The van der Waals surface area contributed by atoms with E-state index in [1.807, 2.05) is 25.1 Å². The minimum absolute atomic E-state index is 0. The summed E-state index contributed by atoms with van der Waals surface area (Å²) in [4.78, 5) is 10.3. The molecule has 0 aromatic heterocycles. The molecule has 0 saturated heterocycles. The summed E-state index contributed by atoms with van der Waals surface area (Å²) in [6.07, 6.45) is 3.81. The van der Waals surface area contributed by atoms with Gasteiger partial charge in [0.15, 0.2) is 11.5 Å². The van der Waals surface area contributed by atoms with E-state index in [0.717, 1.165) is 5.56 Å². The zero-order chi connectivity index (χ0) is 12.0. The Morgan fingerprint density at radius 1 is 1.41 bits per heavy atom. The molecule has 1 aromatic rings. The van der Waals surface area contributed by atoms with Gasteiger partial charge in [-0.2, -0.15) is 0 Å². The fourth-order valence-electron chi connectivity index (χ4n) is 1.24. The number of carboxylic acids is 1. The standard InChI is InChI=1S/C12H14O4.K/c1-3-4-9-5-6-10(11(7-9)15-2)16-8-12(13)14;/h3-7H,8H2,1-2H3,(H,13,14);/q;+1/p-1/b4-3+;. The second-order valence-corrected chi connectivity index (χ2v) is 3.07. The Kier molecular flexibility index (Phi) is 8.54. The zero-order valence-corrected chi connectivity index (χ0v) is 13.3. The number of aliphatic carboxylic acids is 1. The zero-order valence-electron chi connectivity index (χ0n) is 10.2. The number of ether oxygens (including phenoxy) is 2. The molecule has 0 fully saturated rings. The molecular formula is C12H13KO4. The number of benzene rings is 1. The quantitative estimate of drug-likeness (QED) is 0.567. The van der Waals surface area contributed by atoms with E-state index in [-0.39, 0.29) is 51.4 Å². The van der Waals surface area contributed by atoms with E-state index in [0.29, 0.717) is 11.5 Å². The average molecular weight is 260 g/mol. The number of hydrogen-bond donors (Lipinski definition) is 0. The van der Waals surface area contributed by atoms with Crippen LogP contribution in [0.5, 0.6) is 11.5 Å². The van der Waals surface area contributed by atoms with Crippen LogP contribution in [-0.2, 0) is 4.79 Å². The first-order chi connectivity index (χ1) is 7.67. The third-order valence-corrected chi connectivity index (χ3v) is 1.89. The van der Waals surface area contributed by atoms with E-state index >= 15 is 0 Å². The van der Waals surface area contributed by atoms with Gasteiger partial charge in [0.05, 0.1) is 13.1 Å². The number of carboxylic acid groups (broad SMARTS) is 1. The first-order valence-electron chi connectivity index (χ1n) is 4.80. The molecule has 0 bridgehead atoms. The van der Waals surface area contributed by atoms with Crippen molar-refractivity contribution in [1.82, 2.24) is 0 Å². The Morgan fingerprint density at radius 2 is 2.12 bits per heavy atom. The van der Waals surface area contributed by atoms with Gasteiger partial charge < -0.3 is 19.4 Å². The summed E-state index contributed by atoms with van der Waals surface area (Å²) in [7, 11) is 1.50. The van der Waals surface area contributed by atoms with Crippen molar-refractivity contribution in [1.29, 1.82) is 0 Å². The fourth-order valence-corrected chi connectivity index (χ4v) is 1.24. The van der Waals surface area contributed by atoms with Crippen molar-refractivity contribution in [2.45, 2.75) is 6.92 Å². The summed E-state index contributed by atoms with van der Waals surface area (Å²) in [6, 6.07) is 5.24. The third kappa shape index (κ3) is 5.70. The molecule has 0 amide bonds.